The Hall–Kier alpha value is -1.17. The quantitative estimate of drug-likeness (QED) is 0.645. The maximum atomic E-state index is 13.3. The van der Waals surface area contributed by atoms with Crippen LogP contribution in [0.1, 0.15) is 5.56 Å². The molecule has 0 heterocycles. The van der Waals surface area contributed by atoms with E-state index < -0.39 is 0 Å². The topological polar surface area (TPSA) is 61.7 Å². The van der Waals surface area contributed by atoms with Crippen LogP contribution in [0.25, 0.3) is 0 Å². The van der Waals surface area contributed by atoms with Crippen molar-refractivity contribution in [1.82, 2.24) is 5.32 Å². The number of hydrogen-bond donors (Lipinski definition) is 3. The summed E-state index contributed by atoms with van der Waals surface area (Å²) in [4.78, 5) is 0. The van der Waals surface area contributed by atoms with E-state index in [4.69, 9.17) is 14.9 Å². The fraction of sp³-hybridized carbons (Fsp3) is 0.500. The molecule has 1 aromatic rings. The Bertz CT molecular complexity index is 343. The van der Waals surface area contributed by atoms with E-state index in [0.717, 1.165) is 5.56 Å². The lowest BCUT2D eigenvalue weighted by Gasteiger charge is -2.13. The fourth-order valence-electron chi connectivity index (χ4n) is 1.47. The molecule has 0 bridgehead atoms. The number of aliphatic hydroxyl groups excluding tert-OH is 2. The monoisotopic (exact) mass is 243 g/mol. The lowest BCUT2D eigenvalue weighted by atomic mass is 10.1. The van der Waals surface area contributed by atoms with E-state index in [2.05, 4.69) is 5.32 Å². The normalized spacial score (nSPS) is 10.9. The van der Waals surface area contributed by atoms with E-state index in [1.807, 2.05) is 0 Å². The van der Waals surface area contributed by atoms with Crippen LogP contribution in [0.5, 0.6) is 5.75 Å². The third kappa shape index (κ3) is 4.30. The van der Waals surface area contributed by atoms with Crippen LogP contribution in [0.2, 0.25) is 0 Å². The molecule has 0 aliphatic rings. The molecule has 96 valence electrons. The zero-order valence-electron chi connectivity index (χ0n) is 9.82. The van der Waals surface area contributed by atoms with Crippen LogP contribution in [0.4, 0.5) is 4.39 Å². The first-order valence-electron chi connectivity index (χ1n) is 5.48. The lowest BCUT2D eigenvalue weighted by Crippen LogP contribution is -2.36. The number of methoxy groups -OCH3 is 1. The second-order valence-corrected chi connectivity index (χ2v) is 3.74. The molecule has 0 saturated heterocycles. The third-order valence-electron chi connectivity index (χ3n) is 2.50. The highest BCUT2D eigenvalue weighted by Crippen LogP contribution is 2.17. The van der Waals surface area contributed by atoms with Gasteiger partial charge in [0.15, 0.2) is 11.6 Å². The minimum absolute atomic E-state index is 0.118. The highest BCUT2D eigenvalue weighted by molar-refractivity contribution is 5.29. The van der Waals surface area contributed by atoms with Gasteiger partial charge >= 0.3 is 0 Å². The summed E-state index contributed by atoms with van der Waals surface area (Å²) >= 11 is 0. The van der Waals surface area contributed by atoms with Crippen LogP contribution in [0.3, 0.4) is 0 Å². The Morgan fingerprint density at radius 2 is 2.06 bits per heavy atom. The van der Waals surface area contributed by atoms with Gasteiger partial charge in [-0.2, -0.15) is 0 Å². The number of hydrogen-bond acceptors (Lipinski definition) is 4. The molecule has 1 aromatic carbocycles. The van der Waals surface area contributed by atoms with E-state index in [1.54, 1.807) is 12.1 Å². The second kappa shape index (κ2) is 7.21. The zero-order chi connectivity index (χ0) is 12.7. The Kier molecular flexibility index (Phi) is 5.90. The molecule has 4 nitrogen and oxygen atoms in total. The minimum Gasteiger partial charge on any atom is -0.494 e. The molecule has 17 heavy (non-hydrogen) atoms. The summed E-state index contributed by atoms with van der Waals surface area (Å²) in [5.41, 5.74) is 0.838. The first kappa shape index (κ1) is 13.9. The number of halogens is 1. The van der Waals surface area contributed by atoms with Crippen LogP contribution >= 0.6 is 0 Å². The second-order valence-electron chi connectivity index (χ2n) is 3.74. The molecular formula is C12H18FNO3. The highest BCUT2D eigenvalue weighted by atomic mass is 19.1. The van der Waals surface area contributed by atoms with E-state index in [-0.39, 0.29) is 30.8 Å². The Labute approximate surface area is 100 Å². The van der Waals surface area contributed by atoms with Gasteiger partial charge in [0.2, 0.25) is 0 Å². The molecule has 0 aliphatic carbocycles. The maximum absolute atomic E-state index is 13.3. The average molecular weight is 243 g/mol. The van der Waals surface area contributed by atoms with Crippen LogP contribution in [-0.4, -0.2) is 43.1 Å². The molecule has 0 unspecified atom stereocenters. The van der Waals surface area contributed by atoms with E-state index in [0.29, 0.717) is 13.0 Å². The van der Waals surface area contributed by atoms with Gasteiger partial charge in [0.25, 0.3) is 0 Å². The summed E-state index contributed by atoms with van der Waals surface area (Å²) in [6.45, 7) is 0.332. The van der Waals surface area contributed by atoms with E-state index >= 15 is 0 Å². The van der Waals surface area contributed by atoms with Gasteiger partial charge in [-0.3, -0.25) is 0 Å². The van der Waals surface area contributed by atoms with Gasteiger partial charge in [-0.25, -0.2) is 4.39 Å². The number of rotatable bonds is 7. The fourth-order valence-corrected chi connectivity index (χ4v) is 1.47. The van der Waals surface area contributed by atoms with Crippen LogP contribution < -0.4 is 10.1 Å². The van der Waals surface area contributed by atoms with Gasteiger partial charge in [-0.1, -0.05) is 6.07 Å². The summed E-state index contributed by atoms with van der Waals surface area (Å²) in [7, 11) is 1.42. The van der Waals surface area contributed by atoms with Crippen molar-refractivity contribution in [2.75, 3.05) is 26.9 Å². The molecule has 0 amide bonds. The van der Waals surface area contributed by atoms with Crippen molar-refractivity contribution in [1.29, 1.82) is 0 Å². The third-order valence-corrected chi connectivity index (χ3v) is 2.50. The Balaban J connectivity index is 2.44. The van der Waals surface area contributed by atoms with Crippen molar-refractivity contribution in [3.8, 4) is 5.75 Å². The first-order chi connectivity index (χ1) is 8.21. The van der Waals surface area contributed by atoms with Crippen LogP contribution in [-0.2, 0) is 6.42 Å². The van der Waals surface area contributed by atoms with Crippen molar-refractivity contribution < 1.29 is 19.3 Å². The van der Waals surface area contributed by atoms with Gasteiger partial charge in [-0.05, 0) is 30.7 Å². The molecule has 3 N–H and O–H groups in total. The molecule has 0 radical (unpaired) electrons. The zero-order valence-corrected chi connectivity index (χ0v) is 9.82. The smallest absolute Gasteiger partial charge is 0.165 e. The summed E-state index contributed by atoms with van der Waals surface area (Å²) in [5, 5.41) is 20.6. The van der Waals surface area contributed by atoms with Crippen LogP contribution in [0.15, 0.2) is 18.2 Å². The van der Waals surface area contributed by atoms with Gasteiger partial charge in [0.1, 0.15) is 0 Å². The maximum Gasteiger partial charge on any atom is 0.165 e. The Morgan fingerprint density at radius 1 is 1.35 bits per heavy atom. The summed E-state index contributed by atoms with van der Waals surface area (Å²) < 4.78 is 18.2. The number of aliphatic hydroxyl groups is 2. The first-order valence-corrected chi connectivity index (χ1v) is 5.48. The van der Waals surface area contributed by atoms with E-state index in [1.165, 1.54) is 13.2 Å². The van der Waals surface area contributed by atoms with E-state index in [9.17, 15) is 4.39 Å². The van der Waals surface area contributed by atoms with Crippen LogP contribution in [0, 0.1) is 5.82 Å². The molecule has 0 aromatic heterocycles. The molecule has 5 heteroatoms. The molecular weight excluding hydrogens is 225 g/mol. The number of benzene rings is 1. The highest BCUT2D eigenvalue weighted by Gasteiger charge is 2.06. The van der Waals surface area contributed by atoms with Crippen molar-refractivity contribution >= 4 is 0 Å². The van der Waals surface area contributed by atoms with Crippen molar-refractivity contribution in [2.45, 2.75) is 12.5 Å². The molecule has 0 atom stereocenters. The van der Waals surface area contributed by atoms with Crippen molar-refractivity contribution in [3.63, 3.8) is 0 Å². The minimum atomic E-state index is -0.383. The van der Waals surface area contributed by atoms with Gasteiger partial charge in [0.05, 0.1) is 26.4 Å². The summed E-state index contributed by atoms with van der Waals surface area (Å²) in [6, 6.07) is 4.47. The van der Waals surface area contributed by atoms with Crippen molar-refractivity contribution in [2.24, 2.45) is 0 Å². The molecule has 0 aliphatic heterocycles. The standard InChI is InChI=1S/C12H18FNO3/c1-17-12-3-2-9(6-11(12)13)4-5-14-10(7-15)8-16/h2-3,6,10,14-16H,4-5,7-8H2,1H3. The predicted molar refractivity (Wildman–Crippen MR) is 62.6 cm³/mol. The molecule has 0 fully saturated rings. The molecule has 0 spiro atoms. The largest absolute Gasteiger partial charge is 0.494 e. The van der Waals surface area contributed by atoms with Gasteiger partial charge in [-0.15, -0.1) is 0 Å². The SMILES string of the molecule is COc1ccc(CCNC(CO)CO)cc1F. The average Bonchev–Trinajstić information content (AvgIpc) is 2.35. The number of nitrogens with one attached hydrogen (secondary N) is 1. The molecule has 1 rings (SSSR count). The van der Waals surface area contributed by atoms with Gasteiger partial charge in [0, 0.05) is 0 Å². The lowest BCUT2D eigenvalue weighted by molar-refractivity contribution is 0.171. The Morgan fingerprint density at radius 3 is 2.59 bits per heavy atom. The number of ether oxygens (including phenoxy) is 1. The van der Waals surface area contributed by atoms with Crippen molar-refractivity contribution in [3.05, 3.63) is 29.6 Å². The van der Waals surface area contributed by atoms with Gasteiger partial charge < -0.3 is 20.3 Å². The summed E-state index contributed by atoms with van der Waals surface area (Å²) in [5.74, 6) is -0.156. The molecule has 0 saturated carbocycles. The predicted octanol–water partition coefficient (Wildman–Crippen LogP) is 0.320. The summed E-state index contributed by atoms with van der Waals surface area (Å²) in [6.07, 6.45) is 0.622.